The fraction of sp³-hybridized carbons (Fsp3) is 0.333. The van der Waals surface area contributed by atoms with Gasteiger partial charge < -0.3 is 5.32 Å². The van der Waals surface area contributed by atoms with Crippen molar-refractivity contribution in [1.29, 1.82) is 0 Å². The molecule has 1 N–H and O–H groups in total. The Morgan fingerprint density at radius 3 is 2.95 bits per heavy atom. The van der Waals surface area contributed by atoms with E-state index in [0.717, 1.165) is 12.1 Å². The molecule has 1 saturated carbocycles. The maximum absolute atomic E-state index is 13.7. The molecule has 2 aromatic rings. The van der Waals surface area contributed by atoms with Crippen LogP contribution >= 0.6 is 0 Å². The minimum Gasteiger partial charge on any atom is -0.352 e. The van der Waals surface area contributed by atoms with E-state index in [1.807, 2.05) is 13.0 Å². The summed E-state index contributed by atoms with van der Waals surface area (Å²) in [5.41, 5.74) is 1.62. The van der Waals surface area contributed by atoms with Crippen LogP contribution in [0.1, 0.15) is 28.8 Å². The van der Waals surface area contributed by atoms with Crippen molar-refractivity contribution in [2.75, 3.05) is 6.54 Å². The zero-order valence-electron chi connectivity index (χ0n) is 10.7. The lowest BCUT2D eigenvalue weighted by Gasteiger charge is -2.06. The number of amides is 1. The molecule has 1 aromatic carbocycles. The van der Waals surface area contributed by atoms with E-state index in [0.29, 0.717) is 22.4 Å². The average molecular weight is 258 g/mol. The van der Waals surface area contributed by atoms with Crippen molar-refractivity contribution in [3.05, 3.63) is 41.3 Å². The van der Waals surface area contributed by atoms with Crippen LogP contribution in [0.4, 0.5) is 4.39 Å². The molecule has 0 spiro atoms. The molecule has 1 aliphatic carbocycles. The third-order valence-corrected chi connectivity index (χ3v) is 3.39. The molecule has 0 radical (unpaired) electrons. The molecule has 19 heavy (non-hydrogen) atoms. The third-order valence-electron chi connectivity index (χ3n) is 3.39. The number of carbonyl (C=O) groups is 1. The van der Waals surface area contributed by atoms with E-state index in [1.54, 1.807) is 6.07 Å². The molecule has 0 atom stereocenters. The SMILES string of the molecule is Cc1cc(F)c2ncc(C(=O)NCC3CC3)cc2c1. The summed E-state index contributed by atoms with van der Waals surface area (Å²) < 4.78 is 13.7. The Morgan fingerprint density at radius 2 is 2.21 bits per heavy atom. The summed E-state index contributed by atoms with van der Waals surface area (Å²) in [6.45, 7) is 2.54. The number of pyridine rings is 1. The number of hydrogen-bond donors (Lipinski definition) is 1. The molecule has 0 bridgehead atoms. The van der Waals surface area contributed by atoms with Gasteiger partial charge in [0.25, 0.3) is 5.91 Å². The van der Waals surface area contributed by atoms with Gasteiger partial charge >= 0.3 is 0 Å². The predicted molar refractivity (Wildman–Crippen MR) is 71.5 cm³/mol. The Kier molecular flexibility index (Phi) is 2.93. The van der Waals surface area contributed by atoms with E-state index in [-0.39, 0.29) is 11.7 Å². The maximum Gasteiger partial charge on any atom is 0.252 e. The first-order valence-electron chi connectivity index (χ1n) is 6.47. The highest BCUT2D eigenvalue weighted by molar-refractivity contribution is 5.97. The number of carbonyl (C=O) groups excluding carboxylic acids is 1. The van der Waals surface area contributed by atoms with Crippen LogP contribution in [-0.2, 0) is 0 Å². The fourth-order valence-corrected chi connectivity index (χ4v) is 2.13. The van der Waals surface area contributed by atoms with Crippen LogP contribution in [0.3, 0.4) is 0 Å². The van der Waals surface area contributed by atoms with E-state index in [4.69, 9.17) is 0 Å². The van der Waals surface area contributed by atoms with Gasteiger partial charge in [0.15, 0.2) is 0 Å². The molecule has 1 amide bonds. The largest absolute Gasteiger partial charge is 0.352 e. The molecule has 1 aromatic heterocycles. The fourth-order valence-electron chi connectivity index (χ4n) is 2.13. The van der Waals surface area contributed by atoms with Crippen LogP contribution in [0.25, 0.3) is 10.9 Å². The van der Waals surface area contributed by atoms with Gasteiger partial charge in [-0.15, -0.1) is 0 Å². The van der Waals surface area contributed by atoms with Crippen molar-refractivity contribution in [3.8, 4) is 0 Å². The maximum atomic E-state index is 13.7. The van der Waals surface area contributed by atoms with E-state index in [2.05, 4.69) is 10.3 Å². The summed E-state index contributed by atoms with van der Waals surface area (Å²) in [5, 5.41) is 3.55. The van der Waals surface area contributed by atoms with Crippen LogP contribution in [0.5, 0.6) is 0 Å². The number of aromatic nitrogens is 1. The standard InChI is InChI=1S/C15H15FN2O/c1-9-4-11-6-12(8-17-14(11)13(16)5-9)15(19)18-7-10-2-3-10/h4-6,8,10H,2-3,7H2,1H3,(H,18,19). The number of hydrogen-bond acceptors (Lipinski definition) is 2. The Morgan fingerprint density at radius 1 is 1.42 bits per heavy atom. The second-order valence-corrected chi connectivity index (χ2v) is 5.20. The second kappa shape index (κ2) is 4.61. The highest BCUT2D eigenvalue weighted by Gasteiger charge is 2.22. The van der Waals surface area contributed by atoms with Crippen molar-refractivity contribution in [1.82, 2.24) is 10.3 Å². The van der Waals surface area contributed by atoms with Crippen LogP contribution in [0.15, 0.2) is 24.4 Å². The Balaban J connectivity index is 1.89. The van der Waals surface area contributed by atoms with Crippen molar-refractivity contribution in [2.45, 2.75) is 19.8 Å². The molecule has 0 saturated heterocycles. The molecule has 1 heterocycles. The van der Waals surface area contributed by atoms with Crippen LogP contribution in [0.2, 0.25) is 0 Å². The Hall–Kier alpha value is -1.97. The number of fused-ring (bicyclic) bond motifs is 1. The lowest BCUT2D eigenvalue weighted by Crippen LogP contribution is -2.25. The Labute approximate surface area is 110 Å². The van der Waals surface area contributed by atoms with Gasteiger partial charge in [0, 0.05) is 18.1 Å². The van der Waals surface area contributed by atoms with Gasteiger partial charge in [-0.2, -0.15) is 0 Å². The molecule has 1 fully saturated rings. The monoisotopic (exact) mass is 258 g/mol. The van der Waals surface area contributed by atoms with Gasteiger partial charge in [-0.1, -0.05) is 0 Å². The van der Waals surface area contributed by atoms with Crippen molar-refractivity contribution >= 4 is 16.8 Å². The molecule has 1 aliphatic rings. The van der Waals surface area contributed by atoms with Crippen LogP contribution in [0, 0.1) is 18.7 Å². The van der Waals surface area contributed by atoms with Crippen molar-refractivity contribution in [2.24, 2.45) is 5.92 Å². The van der Waals surface area contributed by atoms with E-state index in [1.165, 1.54) is 25.1 Å². The van der Waals surface area contributed by atoms with E-state index >= 15 is 0 Å². The number of halogens is 1. The third kappa shape index (κ3) is 2.57. The van der Waals surface area contributed by atoms with Crippen molar-refractivity contribution in [3.63, 3.8) is 0 Å². The van der Waals surface area contributed by atoms with Gasteiger partial charge in [0.1, 0.15) is 11.3 Å². The lowest BCUT2D eigenvalue weighted by atomic mass is 10.1. The summed E-state index contributed by atoms with van der Waals surface area (Å²) in [6, 6.07) is 4.98. The highest BCUT2D eigenvalue weighted by Crippen LogP contribution is 2.27. The van der Waals surface area contributed by atoms with Crippen LogP contribution < -0.4 is 5.32 Å². The normalized spacial score (nSPS) is 14.6. The number of nitrogens with one attached hydrogen (secondary N) is 1. The minimum atomic E-state index is -0.347. The number of nitrogens with zero attached hydrogens (tertiary/aromatic N) is 1. The molecule has 3 nitrogen and oxygen atoms in total. The van der Waals surface area contributed by atoms with Crippen LogP contribution in [-0.4, -0.2) is 17.4 Å². The molecular formula is C15H15FN2O. The molecule has 0 unspecified atom stereocenters. The number of rotatable bonds is 3. The molecule has 98 valence electrons. The van der Waals surface area contributed by atoms with Gasteiger partial charge in [0.2, 0.25) is 0 Å². The summed E-state index contributed by atoms with van der Waals surface area (Å²) >= 11 is 0. The zero-order chi connectivity index (χ0) is 13.4. The second-order valence-electron chi connectivity index (χ2n) is 5.20. The molecule has 3 rings (SSSR count). The molecular weight excluding hydrogens is 243 g/mol. The Bertz CT molecular complexity index is 650. The van der Waals surface area contributed by atoms with E-state index < -0.39 is 0 Å². The molecule has 0 aliphatic heterocycles. The van der Waals surface area contributed by atoms with Gasteiger partial charge in [-0.25, -0.2) is 4.39 Å². The number of aryl methyl sites for hydroxylation is 1. The summed E-state index contributed by atoms with van der Waals surface area (Å²) in [7, 11) is 0. The van der Waals surface area contributed by atoms with Gasteiger partial charge in [-0.3, -0.25) is 9.78 Å². The lowest BCUT2D eigenvalue weighted by molar-refractivity contribution is 0.0951. The topological polar surface area (TPSA) is 42.0 Å². The van der Waals surface area contributed by atoms with E-state index in [9.17, 15) is 9.18 Å². The summed E-state index contributed by atoms with van der Waals surface area (Å²) in [4.78, 5) is 16.0. The minimum absolute atomic E-state index is 0.136. The molecule has 4 heteroatoms. The van der Waals surface area contributed by atoms with Crippen molar-refractivity contribution < 1.29 is 9.18 Å². The summed E-state index contributed by atoms with van der Waals surface area (Å²) in [6.07, 6.45) is 3.82. The number of benzene rings is 1. The summed E-state index contributed by atoms with van der Waals surface area (Å²) in [5.74, 6) is 0.153. The smallest absolute Gasteiger partial charge is 0.252 e. The first kappa shape index (κ1) is 12.1. The average Bonchev–Trinajstić information content (AvgIpc) is 3.19. The first-order valence-corrected chi connectivity index (χ1v) is 6.47. The zero-order valence-corrected chi connectivity index (χ0v) is 10.7. The predicted octanol–water partition coefficient (Wildman–Crippen LogP) is 2.82. The first-order chi connectivity index (χ1) is 9.13. The highest BCUT2D eigenvalue weighted by atomic mass is 19.1. The van der Waals surface area contributed by atoms with Gasteiger partial charge in [0.05, 0.1) is 5.56 Å². The quantitative estimate of drug-likeness (QED) is 0.919. The van der Waals surface area contributed by atoms with Gasteiger partial charge in [-0.05, 0) is 49.4 Å².